The standard InChI is InChI=1S/C10H19N3O2S/c1-12-3-5-13(6-4-12)10(15)2-7-16-8-9(11)14/h2-8H2,1H3,(H2,11,14). The second kappa shape index (κ2) is 6.75. The minimum Gasteiger partial charge on any atom is -0.369 e. The highest BCUT2D eigenvalue weighted by molar-refractivity contribution is 7.99. The highest BCUT2D eigenvalue weighted by Gasteiger charge is 2.18. The molecule has 92 valence electrons. The van der Waals surface area contributed by atoms with E-state index in [1.807, 2.05) is 4.90 Å². The first-order valence-electron chi connectivity index (χ1n) is 5.42. The van der Waals surface area contributed by atoms with Crippen molar-refractivity contribution < 1.29 is 9.59 Å². The van der Waals surface area contributed by atoms with Crippen LogP contribution in [0.4, 0.5) is 0 Å². The fourth-order valence-electron chi connectivity index (χ4n) is 1.55. The first-order chi connectivity index (χ1) is 7.59. The van der Waals surface area contributed by atoms with Crippen molar-refractivity contribution >= 4 is 23.6 Å². The zero-order valence-electron chi connectivity index (χ0n) is 9.65. The lowest BCUT2D eigenvalue weighted by molar-refractivity contribution is -0.132. The Kier molecular flexibility index (Phi) is 5.62. The number of nitrogens with zero attached hydrogens (tertiary/aromatic N) is 2. The SMILES string of the molecule is CN1CCN(C(=O)CCSCC(N)=O)CC1. The highest BCUT2D eigenvalue weighted by Crippen LogP contribution is 2.06. The van der Waals surface area contributed by atoms with Crippen LogP contribution in [-0.2, 0) is 9.59 Å². The third-order valence-corrected chi connectivity index (χ3v) is 3.54. The molecule has 2 amide bonds. The van der Waals surface area contributed by atoms with Gasteiger partial charge < -0.3 is 15.5 Å². The summed E-state index contributed by atoms with van der Waals surface area (Å²) in [4.78, 5) is 26.3. The average Bonchev–Trinajstić information content (AvgIpc) is 2.25. The molecule has 0 aliphatic carbocycles. The molecule has 1 heterocycles. The maximum atomic E-state index is 11.7. The van der Waals surface area contributed by atoms with Crippen LogP contribution in [0.5, 0.6) is 0 Å². The molecule has 16 heavy (non-hydrogen) atoms. The van der Waals surface area contributed by atoms with E-state index in [1.54, 1.807) is 0 Å². The predicted octanol–water partition coefficient (Wildman–Crippen LogP) is -0.631. The highest BCUT2D eigenvalue weighted by atomic mass is 32.2. The summed E-state index contributed by atoms with van der Waals surface area (Å²) in [5.74, 6) is 0.839. The van der Waals surface area contributed by atoms with E-state index in [2.05, 4.69) is 11.9 Å². The van der Waals surface area contributed by atoms with Crippen LogP contribution in [0.25, 0.3) is 0 Å². The second-order valence-corrected chi connectivity index (χ2v) is 5.06. The van der Waals surface area contributed by atoms with Gasteiger partial charge in [0.15, 0.2) is 0 Å². The van der Waals surface area contributed by atoms with Gasteiger partial charge in [-0.25, -0.2) is 0 Å². The first-order valence-corrected chi connectivity index (χ1v) is 6.57. The molecule has 1 rings (SSSR count). The van der Waals surface area contributed by atoms with Crippen LogP contribution in [0.1, 0.15) is 6.42 Å². The fourth-order valence-corrected chi connectivity index (χ4v) is 2.21. The van der Waals surface area contributed by atoms with Crippen molar-refractivity contribution in [2.45, 2.75) is 6.42 Å². The number of amides is 2. The lowest BCUT2D eigenvalue weighted by Crippen LogP contribution is -2.47. The molecular formula is C10H19N3O2S. The fraction of sp³-hybridized carbons (Fsp3) is 0.800. The molecule has 1 fully saturated rings. The molecule has 0 bridgehead atoms. The molecule has 0 aromatic heterocycles. The largest absolute Gasteiger partial charge is 0.369 e. The Labute approximate surface area is 100 Å². The summed E-state index contributed by atoms with van der Waals surface area (Å²) in [7, 11) is 2.06. The monoisotopic (exact) mass is 245 g/mol. The molecule has 0 spiro atoms. The molecule has 1 aliphatic rings. The van der Waals surface area contributed by atoms with E-state index in [0.29, 0.717) is 17.9 Å². The van der Waals surface area contributed by atoms with Gasteiger partial charge >= 0.3 is 0 Å². The van der Waals surface area contributed by atoms with E-state index in [1.165, 1.54) is 11.8 Å². The number of carbonyl (C=O) groups is 2. The van der Waals surface area contributed by atoms with E-state index < -0.39 is 0 Å². The van der Waals surface area contributed by atoms with Crippen molar-refractivity contribution in [1.82, 2.24) is 9.80 Å². The van der Waals surface area contributed by atoms with E-state index in [0.717, 1.165) is 26.2 Å². The quantitative estimate of drug-likeness (QED) is 0.655. The van der Waals surface area contributed by atoms with Crippen LogP contribution in [0.2, 0.25) is 0 Å². The zero-order valence-corrected chi connectivity index (χ0v) is 10.5. The number of hydrogen-bond acceptors (Lipinski definition) is 4. The maximum Gasteiger partial charge on any atom is 0.227 e. The molecule has 0 saturated carbocycles. The lowest BCUT2D eigenvalue weighted by Gasteiger charge is -2.32. The van der Waals surface area contributed by atoms with Crippen molar-refractivity contribution in [2.75, 3.05) is 44.7 Å². The first kappa shape index (κ1) is 13.3. The van der Waals surface area contributed by atoms with Gasteiger partial charge in [-0.1, -0.05) is 0 Å². The van der Waals surface area contributed by atoms with Gasteiger partial charge in [0.1, 0.15) is 0 Å². The molecule has 1 aliphatic heterocycles. The topological polar surface area (TPSA) is 66.6 Å². The van der Waals surface area contributed by atoms with Crippen molar-refractivity contribution in [3.8, 4) is 0 Å². The van der Waals surface area contributed by atoms with E-state index in [4.69, 9.17) is 5.73 Å². The summed E-state index contributed by atoms with van der Waals surface area (Å²) in [6.45, 7) is 3.52. The van der Waals surface area contributed by atoms with Gasteiger partial charge in [0.2, 0.25) is 11.8 Å². The van der Waals surface area contributed by atoms with Crippen LogP contribution in [0, 0.1) is 0 Å². The van der Waals surface area contributed by atoms with E-state index in [-0.39, 0.29) is 11.8 Å². The summed E-state index contributed by atoms with van der Waals surface area (Å²) in [5.41, 5.74) is 5.01. The minimum atomic E-state index is -0.322. The van der Waals surface area contributed by atoms with Crippen molar-refractivity contribution in [3.05, 3.63) is 0 Å². The Morgan fingerprint density at radius 3 is 2.44 bits per heavy atom. The normalized spacial score (nSPS) is 17.4. The average molecular weight is 245 g/mol. The molecule has 0 atom stereocenters. The third kappa shape index (κ3) is 4.85. The summed E-state index contributed by atoms with van der Waals surface area (Å²) < 4.78 is 0. The lowest BCUT2D eigenvalue weighted by atomic mass is 10.3. The smallest absolute Gasteiger partial charge is 0.227 e. The Morgan fingerprint density at radius 2 is 1.88 bits per heavy atom. The zero-order chi connectivity index (χ0) is 12.0. The van der Waals surface area contributed by atoms with Crippen LogP contribution >= 0.6 is 11.8 Å². The van der Waals surface area contributed by atoms with Crippen LogP contribution in [0.3, 0.4) is 0 Å². The Morgan fingerprint density at radius 1 is 1.25 bits per heavy atom. The summed E-state index contributed by atoms with van der Waals surface area (Å²) in [5, 5.41) is 0. The van der Waals surface area contributed by atoms with Crippen molar-refractivity contribution in [1.29, 1.82) is 0 Å². The van der Waals surface area contributed by atoms with Gasteiger partial charge in [-0.05, 0) is 7.05 Å². The summed E-state index contributed by atoms with van der Waals surface area (Å²) in [6.07, 6.45) is 0.502. The van der Waals surface area contributed by atoms with Gasteiger partial charge in [-0.3, -0.25) is 9.59 Å². The van der Waals surface area contributed by atoms with Gasteiger partial charge in [0.25, 0.3) is 0 Å². The van der Waals surface area contributed by atoms with Crippen LogP contribution in [0.15, 0.2) is 0 Å². The summed E-state index contributed by atoms with van der Waals surface area (Å²) in [6, 6.07) is 0. The van der Waals surface area contributed by atoms with E-state index in [9.17, 15) is 9.59 Å². The minimum absolute atomic E-state index is 0.185. The van der Waals surface area contributed by atoms with E-state index >= 15 is 0 Å². The Balaban J connectivity index is 2.12. The number of rotatable bonds is 5. The molecule has 0 aromatic rings. The van der Waals surface area contributed by atoms with Gasteiger partial charge in [0.05, 0.1) is 5.75 Å². The van der Waals surface area contributed by atoms with Crippen LogP contribution in [-0.4, -0.2) is 66.3 Å². The molecule has 5 nitrogen and oxygen atoms in total. The summed E-state index contributed by atoms with van der Waals surface area (Å²) >= 11 is 1.42. The van der Waals surface area contributed by atoms with Crippen molar-refractivity contribution in [3.63, 3.8) is 0 Å². The Hall–Kier alpha value is -0.750. The van der Waals surface area contributed by atoms with Gasteiger partial charge in [-0.2, -0.15) is 11.8 Å². The van der Waals surface area contributed by atoms with Gasteiger partial charge in [0, 0.05) is 38.4 Å². The maximum absolute atomic E-state index is 11.7. The molecule has 6 heteroatoms. The second-order valence-electron chi connectivity index (χ2n) is 3.95. The number of hydrogen-bond donors (Lipinski definition) is 1. The molecule has 1 saturated heterocycles. The number of carbonyl (C=O) groups excluding carboxylic acids is 2. The Bertz CT molecular complexity index is 252. The molecule has 0 aromatic carbocycles. The number of primary amides is 1. The third-order valence-electron chi connectivity index (χ3n) is 2.56. The molecule has 0 unspecified atom stereocenters. The number of thioether (sulfide) groups is 1. The predicted molar refractivity (Wildman–Crippen MR) is 65.2 cm³/mol. The number of nitrogens with two attached hydrogens (primary N) is 1. The van der Waals surface area contributed by atoms with Crippen LogP contribution < -0.4 is 5.73 Å². The van der Waals surface area contributed by atoms with Crippen molar-refractivity contribution in [2.24, 2.45) is 5.73 Å². The van der Waals surface area contributed by atoms with Gasteiger partial charge in [-0.15, -0.1) is 0 Å². The number of piperazine rings is 1. The molecule has 0 radical (unpaired) electrons. The molecule has 2 N–H and O–H groups in total. The number of likely N-dealkylation sites (N-methyl/N-ethyl adjacent to an activating group) is 1. The molecular weight excluding hydrogens is 226 g/mol.